The Bertz CT molecular complexity index is 793. The summed E-state index contributed by atoms with van der Waals surface area (Å²) in [4.78, 5) is 14.4. The van der Waals surface area contributed by atoms with Gasteiger partial charge in [0.25, 0.3) is 5.91 Å². The summed E-state index contributed by atoms with van der Waals surface area (Å²) in [6, 6.07) is 15.5. The lowest BCUT2D eigenvalue weighted by molar-refractivity contribution is 0.0780. The minimum Gasteiger partial charge on any atom is -0.461 e. The van der Waals surface area contributed by atoms with E-state index in [0.717, 1.165) is 13.0 Å². The van der Waals surface area contributed by atoms with E-state index in [1.54, 1.807) is 24.5 Å². The molecule has 116 valence electrons. The van der Waals surface area contributed by atoms with Crippen molar-refractivity contribution in [2.45, 2.75) is 12.3 Å². The SMILES string of the molecule is O=C(c1cc(-c2ccco2)on1)N1CCC(c2ccccc2)C1. The van der Waals surface area contributed by atoms with Crippen molar-refractivity contribution in [3.05, 3.63) is 66.1 Å². The average molecular weight is 308 g/mol. The summed E-state index contributed by atoms with van der Waals surface area (Å²) in [5, 5.41) is 3.89. The van der Waals surface area contributed by atoms with Crippen LogP contribution >= 0.6 is 0 Å². The lowest BCUT2D eigenvalue weighted by Gasteiger charge is -2.15. The smallest absolute Gasteiger partial charge is 0.276 e. The Morgan fingerprint density at radius 2 is 2.00 bits per heavy atom. The third kappa shape index (κ3) is 2.65. The summed E-state index contributed by atoms with van der Waals surface area (Å²) in [6.45, 7) is 1.45. The fourth-order valence-electron chi connectivity index (χ4n) is 3.01. The van der Waals surface area contributed by atoms with Gasteiger partial charge in [0.15, 0.2) is 11.5 Å². The lowest BCUT2D eigenvalue weighted by Crippen LogP contribution is -2.28. The molecular formula is C18H16N2O3. The number of amides is 1. The molecule has 1 aliphatic heterocycles. The van der Waals surface area contributed by atoms with E-state index >= 15 is 0 Å². The van der Waals surface area contributed by atoms with Crippen LogP contribution in [0.5, 0.6) is 0 Å². The molecule has 0 spiro atoms. The van der Waals surface area contributed by atoms with E-state index in [4.69, 9.17) is 8.94 Å². The molecular weight excluding hydrogens is 292 g/mol. The molecule has 0 bridgehead atoms. The van der Waals surface area contributed by atoms with Crippen molar-refractivity contribution in [3.8, 4) is 11.5 Å². The molecule has 2 aromatic heterocycles. The highest BCUT2D eigenvalue weighted by molar-refractivity contribution is 5.93. The van der Waals surface area contributed by atoms with Gasteiger partial charge in [0.05, 0.1) is 6.26 Å². The van der Waals surface area contributed by atoms with Gasteiger partial charge in [-0.15, -0.1) is 0 Å². The minimum absolute atomic E-state index is 0.0926. The second-order valence-electron chi connectivity index (χ2n) is 5.70. The molecule has 23 heavy (non-hydrogen) atoms. The van der Waals surface area contributed by atoms with E-state index in [1.807, 2.05) is 23.1 Å². The van der Waals surface area contributed by atoms with Gasteiger partial charge >= 0.3 is 0 Å². The topological polar surface area (TPSA) is 59.5 Å². The van der Waals surface area contributed by atoms with Gasteiger partial charge in [-0.05, 0) is 24.1 Å². The van der Waals surface area contributed by atoms with Gasteiger partial charge in [0, 0.05) is 25.1 Å². The molecule has 5 nitrogen and oxygen atoms in total. The van der Waals surface area contributed by atoms with Crippen molar-refractivity contribution in [2.75, 3.05) is 13.1 Å². The Hall–Kier alpha value is -2.82. The monoisotopic (exact) mass is 308 g/mol. The van der Waals surface area contributed by atoms with Crippen LogP contribution in [-0.4, -0.2) is 29.1 Å². The molecule has 1 aliphatic rings. The first kappa shape index (κ1) is 13.8. The van der Waals surface area contributed by atoms with Gasteiger partial charge in [0.2, 0.25) is 5.76 Å². The van der Waals surface area contributed by atoms with Gasteiger partial charge < -0.3 is 13.8 Å². The van der Waals surface area contributed by atoms with E-state index in [0.29, 0.717) is 29.7 Å². The number of benzene rings is 1. The highest BCUT2D eigenvalue weighted by Crippen LogP contribution is 2.28. The van der Waals surface area contributed by atoms with Crippen molar-refractivity contribution in [1.82, 2.24) is 10.1 Å². The highest BCUT2D eigenvalue weighted by Gasteiger charge is 2.29. The molecule has 1 saturated heterocycles. The fourth-order valence-corrected chi connectivity index (χ4v) is 3.01. The van der Waals surface area contributed by atoms with Gasteiger partial charge in [-0.25, -0.2) is 0 Å². The maximum atomic E-state index is 12.6. The summed E-state index contributed by atoms with van der Waals surface area (Å²) in [6.07, 6.45) is 2.53. The summed E-state index contributed by atoms with van der Waals surface area (Å²) >= 11 is 0. The summed E-state index contributed by atoms with van der Waals surface area (Å²) < 4.78 is 10.5. The maximum absolute atomic E-state index is 12.6. The van der Waals surface area contributed by atoms with Gasteiger partial charge in [-0.3, -0.25) is 4.79 Å². The van der Waals surface area contributed by atoms with E-state index in [-0.39, 0.29) is 5.91 Å². The number of hydrogen-bond donors (Lipinski definition) is 0. The molecule has 0 radical (unpaired) electrons. The number of hydrogen-bond acceptors (Lipinski definition) is 4. The number of carbonyl (C=O) groups excluding carboxylic acids is 1. The first-order chi connectivity index (χ1) is 11.3. The Labute approximate surface area is 133 Å². The van der Waals surface area contributed by atoms with Crippen LogP contribution in [0.25, 0.3) is 11.5 Å². The fraction of sp³-hybridized carbons (Fsp3) is 0.222. The van der Waals surface area contributed by atoms with Crippen molar-refractivity contribution >= 4 is 5.91 Å². The first-order valence-corrected chi connectivity index (χ1v) is 7.66. The molecule has 1 amide bonds. The van der Waals surface area contributed by atoms with Gasteiger partial charge in [-0.2, -0.15) is 0 Å². The largest absolute Gasteiger partial charge is 0.461 e. The van der Waals surface area contributed by atoms with Crippen LogP contribution in [0.2, 0.25) is 0 Å². The van der Waals surface area contributed by atoms with Crippen molar-refractivity contribution in [3.63, 3.8) is 0 Å². The molecule has 1 aromatic carbocycles. The molecule has 0 N–H and O–H groups in total. The molecule has 1 unspecified atom stereocenters. The molecule has 1 fully saturated rings. The van der Waals surface area contributed by atoms with Crippen LogP contribution in [-0.2, 0) is 0 Å². The molecule has 4 rings (SSSR count). The highest BCUT2D eigenvalue weighted by atomic mass is 16.5. The second kappa shape index (κ2) is 5.76. The predicted octanol–water partition coefficient (Wildman–Crippen LogP) is 3.56. The molecule has 0 saturated carbocycles. The van der Waals surface area contributed by atoms with E-state index in [2.05, 4.69) is 17.3 Å². The standard InChI is InChI=1S/C18H16N2O3/c21-18(15-11-17(23-19-15)16-7-4-10-22-16)20-9-8-14(12-20)13-5-2-1-3-6-13/h1-7,10-11,14H,8-9,12H2. The quantitative estimate of drug-likeness (QED) is 0.742. The van der Waals surface area contributed by atoms with Crippen LogP contribution in [0.4, 0.5) is 0 Å². The van der Waals surface area contributed by atoms with Gasteiger partial charge in [0.1, 0.15) is 0 Å². The minimum atomic E-state index is -0.0926. The lowest BCUT2D eigenvalue weighted by atomic mass is 9.99. The van der Waals surface area contributed by atoms with Crippen LogP contribution in [0.15, 0.2) is 63.7 Å². The number of furan rings is 1. The Kier molecular flexibility index (Phi) is 3.46. The second-order valence-corrected chi connectivity index (χ2v) is 5.70. The summed E-state index contributed by atoms with van der Waals surface area (Å²) in [7, 11) is 0. The number of aromatic nitrogens is 1. The van der Waals surface area contributed by atoms with E-state index < -0.39 is 0 Å². The number of nitrogens with zero attached hydrogens (tertiary/aromatic N) is 2. The third-order valence-electron chi connectivity index (χ3n) is 4.24. The number of likely N-dealkylation sites (tertiary alicyclic amines) is 1. The normalized spacial score (nSPS) is 17.6. The van der Waals surface area contributed by atoms with Crippen molar-refractivity contribution < 1.29 is 13.7 Å². The third-order valence-corrected chi connectivity index (χ3v) is 4.24. The van der Waals surface area contributed by atoms with E-state index in [1.165, 1.54) is 5.56 Å². The van der Waals surface area contributed by atoms with Gasteiger partial charge in [-0.1, -0.05) is 35.5 Å². The summed E-state index contributed by atoms with van der Waals surface area (Å²) in [5.74, 6) is 1.33. The van der Waals surface area contributed by atoms with Crippen LogP contribution in [0, 0.1) is 0 Å². The predicted molar refractivity (Wildman–Crippen MR) is 83.9 cm³/mol. The number of carbonyl (C=O) groups is 1. The van der Waals surface area contributed by atoms with Crippen LogP contribution < -0.4 is 0 Å². The average Bonchev–Trinajstić information content (AvgIpc) is 3.35. The number of rotatable bonds is 3. The first-order valence-electron chi connectivity index (χ1n) is 7.66. The van der Waals surface area contributed by atoms with Crippen molar-refractivity contribution in [2.24, 2.45) is 0 Å². The Morgan fingerprint density at radius 1 is 1.13 bits per heavy atom. The molecule has 0 aliphatic carbocycles. The zero-order chi connectivity index (χ0) is 15.6. The van der Waals surface area contributed by atoms with Crippen molar-refractivity contribution in [1.29, 1.82) is 0 Å². The van der Waals surface area contributed by atoms with E-state index in [9.17, 15) is 4.79 Å². The molecule has 3 heterocycles. The molecule has 5 heteroatoms. The van der Waals surface area contributed by atoms with Crippen LogP contribution in [0.3, 0.4) is 0 Å². The zero-order valence-corrected chi connectivity index (χ0v) is 12.5. The molecule has 1 atom stereocenters. The Morgan fingerprint density at radius 3 is 2.78 bits per heavy atom. The summed E-state index contributed by atoms with van der Waals surface area (Å²) in [5.41, 5.74) is 1.60. The zero-order valence-electron chi connectivity index (χ0n) is 12.5. The maximum Gasteiger partial charge on any atom is 0.276 e. The Balaban J connectivity index is 1.48. The van der Waals surface area contributed by atoms with Crippen LogP contribution in [0.1, 0.15) is 28.4 Å². The molecule has 3 aromatic rings.